The van der Waals surface area contributed by atoms with Gasteiger partial charge < -0.3 is 23.0 Å². The summed E-state index contributed by atoms with van der Waals surface area (Å²) < 4.78 is 26.7. The summed E-state index contributed by atoms with van der Waals surface area (Å²) in [5, 5.41) is 0. The monoisotopic (exact) mass is 304 g/mol. The van der Waals surface area contributed by atoms with Gasteiger partial charge in [-0.05, 0) is 33.2 Å². The number of hydrogen-bond acceptors (Lipinski definition) is 5. The van der Waals surface area contributed by atoms with Gasteiger partial charge in [-0.25, -0.2) is 0 Å². The molecule has 20 heavy (non-hydrogen) atoms. The van der Waals surface area contributed by atoms with Crippen LogP contribution in [0, 0.1) is 0 Å². The summed E-state index contributed by atoms with van der Waals surface area (Å²) in [7, 11) is 9.15. The molecule has 0 aromatic carbocycles. The largest absolute Gasteiger partial charge is 0.443 e. The average Bonchev–Trinajstić information content (AvgIpc) is 2.46. The van der Waals surface area contributed by atoms with Crippen LogP contribution in [0.1, 0.15) is 40.0 Å². The molecule has 0 spiro atoms. The Hall–Kier alpha value is 0.0818. The van der Waals surface area contributed by atoms with Crippen molar-refractivity contribution in [2.75, 3.05) is 28.4 Å². The summed E-state index contributed by atoms with van der Waals surface area (Å²) in [5.74, 6) is 0. The molecule has 1 aliphatic heterocycles. The molecule has 2 radical (unpaired) electrons. The first-order valence-corrected chi connectivity index (χ1v) is 8.87. The van der Waals surface area contributed by atoms with E-state index in [2.05, 4.69) is 4.65 Å². The molecule has 1 saturated heterocycles. The highest BCUT2D eigenvalue weighted by Gasteiger charge is 2.60. The van der Waals surface area contributed by atoms with Crippen LogP contribution >= 0.6 is 0 Å². The lowest BCUT2D eigenvalue weighted by Crippen LogP contribution is -2.65. The van der Waals surface area contributed by atoms with E-state index in [1.54, 1.807) is 28.4 Å². The Morgan fingerprint density at radius 2 is 1.40 bits per heavy atom. The molecule has 5 nitrogen and oxygen atoms in total. The summed E-state index contributed by atoms with van der Waals surface area (Å²) in [6, 6.07) is 0.932. The Bertz CT molecular complexity index is 242. The van der Waals surface area contributed by atoms with Crippen molar-refractivity contribution in [2.45, 2.75) is 57.1 Å². The highest BCUT2D eigenvalue weighted by atomic mass is 28.4. The molecule has 0 bridgehead atoms. The van der Waals surface area contributed by atoms with Gasteiger partial charge in [-0.2, -0.15) is 0 Å². The van der Waals surface area contributed by atoms with Gasteiger partial charge in [-0.15, -0.1) is 0 Å². The van der Waals surface area contributed by atoms with Crippen molar-refractivity contribution >= 4 is 16.6 Å². The van der Waals surface area contributed by atoms with Gasteiger partial charge in [-0.3, -0.25) is 0 Å². The van der Waals surface area contributed by atoms with Gasteiger partial charge in [0.15, 0.2) is 0 Å². The third-order valence-corrected chi connectivity index (χ3v) is 7.66. The van der Waals surface area contributed by atoms with Crippen molar-refractivity contribution in [1.29, 1.82) is 0 Å². The van der Waals surface area contributed by atoms with Crippen LogP contribution in [0.5, 0.6) is 0 Å². The Labute approximate surface area is 126 Å². The Balaban J connectivity index is 0.000000511. The van der Waals surface area contributed by atoms with Crippen molar-refractivity contribution < 1.29 is 23.0 Å². The Morgan fingerprint density at radius 1 is 0.950 bits per heavy atom. The standard InChI is InChI=1S/C9H20O4Si.C4H9BO/c1-10-9(11-2)7-5-6-8-14(9,12-3)13-4;1-4(2,3)6-5/h5-8H2,1-4H3;1-3H3. The molecule has 0 N–H and O–H groups in total. The molecule has 0 unspecified atom stereocenters. The van der Waals surface area contributed by atoms with E-state index in [9.17, 15) is 0 Å². The smallest absolute Gasteiger partial charge is 0.399 e. The molecule has 1 rings (SSSR count). The molecule has 0 aromatic rings. The SMILES string of the molecule is COC1(OC)CCCC[Si]1(OC)OC.[B]OC(C)(C)C. The van der Waals surface area contributed by atoms with E-state index >= 15 is 0 Å². The first kappa shape index (κ1) is 20.1. The van der Waals surface area contributed by atoms with Gasteiger partial charge in [0.25, 0.3) is 8.05 Å². The van der Waals surface area contributed by atoms with E-state index in [1.165, 1.54) is 0 Å². The average molecular weight is 304 g/mol. The van der Waals surface area contributed by atoms with Crippen molar-refractivity contribution in [3.63, 3.8) is 0 Å². The molecule has 118 valence electrons. The van der Waals surface area contributed by atoms with Crippen molar-refractivity contribution in [1.82, 2.24) is 0 Å². The zero-order valence-corrected chi connectivity index (χ0v) is 14.9. The van der Waals surface area contributed by atoms with E-state index in [-0.39, 0.29) is 5.60 Å². The van der Waals surface area contributed by atoms with Gasteiger partial charge in [-0.1, -0.05) is 6.42 Å². The number of hydrogen-bond donors (Lipinski definition) is 0. The summed E-state index contributed by atoms with van der Waals surface area (Å²) in [5.41, 5.74) is -0.811. The minimum atomic E-state index is -2.35. The van der Waals surface area contributed by atoms with Gasteiger partial charge in [0.2, 0.25) is 5.41 Å². The zero-order chi connectivity index (χ0) is 15.9. The lowest BCUT2D eigenvalue weighted by Gasteiger charge is -2.46. The number of methoxy groups -OCH3 is 2. The maximum atomic E-state index is 5.59. The second-order valence-electron chi connectivity index (χ2n) is 5.76. The minimum absolute atomic E-state index is 0.181. The Kier molecular flexibility index (Phi) is 8.54. The van der Waals surface area contributed by atoms with Crippen LogP contribution < -0.4 is 0 Å². The van der Waals surface area contributed by atoms with Gasteiger partial charge in [0.05, 0.1) is 0 Å². The van der Waals surface area contributed by atoms with Crippen LogP contribution in [-0.2, 0) is 23.0 Å². The second-order valence-corrected chi connectivity index (χ2v) is 9.34. The number of rotatable bonds is 4. The van der Waals surface area contributed by atoms with Crippen LogP contribution in [0.3, 0.4) is 0 Å². The van der Waals surface area contributed by atoms with Crippen LogP contribution in [0.15, 0.2) is 0 Å². The summed E-state index contributed by atoms with van der Waals surface area (Å²) in [6.45, 7) is 5.69. The van der Waals surface area contributed by atoms with Crippen molar-refractivity contribution in [2.24, 2.45) is 0 Å². The molecule has 0 amide bonds. The van der Waals surface area contributed by atoms with E-state index in [4.69, 9.17) is 26.4 Å². The fourth-order valence-electron chi connectivity index (χ4n) is 2.29. The summed E-state index contributed by atoms with van der Waals surface area (Å²) in [6.07, 6.45) is 3.08. The molecular formula is C13H29BO5Si. The second kappa shape index (κ2) is 8.51. The summed E-state index contributed by atoms with van der Waals surface area (Å²) in [4.78, 5) is 0. The molecular weight excluding hydrogens is 275 g/mol. The fraction of sp³-hybridized carbons (Fsp3) is 1.00. The molecule has 0 saturated carbocycles. The predicted molar refractivity (Wildman–Crippen MR) is 81.8 cm³/mol. The quantitative estimate of drug-likeness (QED) is 0.589. The van der Waals surface area contributed by atoms with Gasteiger partial charge in [0, 0.05) is 40.5 Å². The highest BCUT2D eigenvalue weighted by Crippen LogP contribution is 2.40. The highest BCUT2D eigenvalue weighted by molar-refractivity contribution is 6.70. The maximum absolute atomic E-state index is 5.59. The van der Waals surface area contributed by atoms with Gasteiger partial charge in [0.1, 0.15) is 0 Å². The molecule has 1 heterocycles. The molecule has 1 aliphatic rings. The van der Waals surface area contributed by atoms with E-state index in [0.717, 1.165) is 25.3 Å². The van der Waals surface area contributed by atoms with Gasteiger partial charge >= 0.3 is 8.56 Å². The summed E-state index contributed by atoms with van der Waals surface area (Å²) >= 11 is 0. The predicted octanol–water partition coefficient (Wildman–Crippen LogP) is 2.32. The topological polar surface area (TPSA) is 46.2 Å². The first-order valence-electron chi connectivity index (χ1n) is 6.85. The van der Waals surface area contributed by atoms with Crippen molar-refractivity contribution in [3.05, 3.63) is 0 Å². The molecule has 1 fully saturated rings. The van der Waals surface area contributed by atoms with Crippen LogP contribution in [0.2, 0.25) is 6.04 Å². The number of ether oxygens (including phenoxy) is 2. The first-order chi connectivity index (χ1) is 9.26. The van der Waals surface area contributed by atoms with Crippen LogP contribution in [-0.4, -0.2) is 56.1 Å². The maximum Gasteiger partial charge on any atom is 0.399 e. The lowest BCUT2D eigenvalue weighted by molar-refractivity contribution is -0.183. The van der Waals surface area contributed by atoms with Crippen LogP contribution in [0.25, 0.3) is 0 Å². The minimum Gasteiger partial charge on any atom is -0.443 e. The normalized spacial score (nSPS) is 20.9. The van der Waals surface area contributed by atoms with E-state index in [1.807, 2.05) is 20.8 Å². The third kappa shape index (κ3) is 4.82. The zero-order valence-electron chi connectivity index (χ0n) is 13.9. The van der Waals surface area contributed by atoms with E-state index < -0.39 is 14.0 Å². The van der Waals surface area contributed by atoms with Crippen molar-refractivity contribution in [3.8, 4) is 0 Å². The molecule has 0 atom stereocenters. The van der Waals surface area contributed by atoms with Crippen LogP contribution in [0.4, 0.5) is 0 Å². The lowest BCUT2D eigenvalue weighted by atomic mass is 10.2. The Morgan fingerprint density at radius 3 is 1.65 bits per heavy atom. The van der Waals surface area contributed by atoms with E-state index in [0.29, 0.717) is 0 Å². The fourth-order valence-corrected chi connectivity index (χ4v) is 5.77. The molecule has 0 aliphatic carbocycles. The third-order valence-electron chi connectivity index (χ3n) is 3.51. The molecule has 0 aromatic heterocycles. The molecule has 7 heteroatoms.